The Kier molecular flexibility index (Phi) is 4.22. The summed E-state index contributed by atoms with van der Waals surface area (Å²) in [5.74, 6) is 1.10. The van der Waals surface area contributed by atoms with E-state index in [0.717, 1.165) is 11.4 Å². The molecule has 0 saturated carbocycles. The van der Waals surface area contributed by atoms with Gasteiger partial charge >= 0.3 is 0 Å². The van der Waals surface area contributed by atoms with Crippen molar-refractivity contribution in [1.29, 1.82) is 0 Å². The third kappa shape index (κ3) is 4.17. The Morgan fingerprint density at radius 2 is 2.16 bits per heavy atom. The average molecular weight is 259 g/mol. The summed E-state index contributed by atoms with van der Waals surface area (Å²) in [5, 5.41) is 10.9. The van der Waals surface area contributed by atoms with Crippen LogP contribution in [0.15, 0.2) is 24.4 Å². The molecule has 0 spiro atoms. The largest absolute Gasteiger partial charge is 0.475 e. The van der Waals surface area contributed by atoms with Crippen LogP contribution in [0.5, 0.6) is 5.88 Å². The zero-order valence-corrected chi connectivity index (χ0v) is 11.3. The maximum Gasteiger partial charge on any atom is 0.226 e. The zero-order valence-electron chi connectivity index (χ0n) is 11.3. The summed E-state index contributed by atoms with van der Waals surface area (Å²) in [6.45, 7) is 6.36. The summed E-state index contributed by atoms with van der Waals surface area (Å²) in [5.41, 5.74) is 1.69. The lowest BCUT2D eigenvalue weighted by molar-refractivity contribution is 0.232. The number of hydrogen-bond donors (Lipinski definition) is 1. The molecule has 0 saturated heterocycles. The van der Waals surface area contributed by atoms with Crippen LogP contribution < -0.4 is 10.1 Å². The highest BCUT2D eigenvalue weighted by atomic mass is 16.5. The molecule has 6 nitrogen and oxygen atoms in total. The van der Waals surface area contributed by atoms with Gasteiger partial charge in [0, 0.05) is 18.0 Å². The molecule has 0 fully saturated rings. The minimum atomic E-state index is 0.0853. The maximum atomic E-state index is 5.57. The summed E-state index contributed by atoms with van der Waals surface area (Å²) in [7, 11) is 0. The van der Waals surface area contributed by atoms with Gasteiger partial charge in [-0.1, -0.05) is 0 Å². The molecule has 0 bridgehead atoms. The molecule has 2 rings (SSSR count). The Morgan fingerprint density at radius 1 is 1.32 bits per heavy atom. The Morgan fingerprint density at radius 3 is 2.84 bits per heavy atom. The van der Waals surface area contributed by atoms with Crippen LogP contribution in [0.3, 0.4) is 0 Å². The number of aryl methyl sites for hydroxylation is 1. The molecule has 0 radical (unpaired) electrons. The first-order chi connectivity index (χ1) is 9.13. The molecule has 100 valence electrons. The standard InChI is InChI=1S/C13H17N5O/c1-9(2)19-12-7-10(3)16-13(17-12)14-8-11-5-4-6-15-18-11/h4-7,9H,8H2,1-3H3,(H,14,16,17). The predicted molar refractivity (Wildman–Crippen MR) is 71.9 cm³/mol. The van der Waals surface area contributed by atoms with Crippen molar-refractivity contribution in [2.24, 2.45) is 0 Å². The number of nitrogens with one attached hydrogen (secondary N) is 1. The van der Waals surface area contributed by atoms with E-state index in [-0.39, 0.29) is 6.10 Å². The van der Waals surface area contributed by atoms with Crippen molar-refractivity contribution >= 4 is 5.95 Å². The van der Waals surface area contributed by atoms with E-state index in [9.17, 15) is 0 Å². The first-order valence-corrected chi connectivity index (χ1v) is 6.16. The zero-order chi connectivity index (χ0) is 13.7. The van der Waals surface area contributed by atoms with Crippen LogP contribution in [0.2, 0.25) is 0 Å². The van der Waals surface area contributed by atoms with Crippen molar-refractivity contribution in [2.45, 2.75) is 33.4 Å². The van der Waals surface area contributed by atoms with Gasteiger partial charge in [-0.3, -0.25) is 0 Å². The summed E-state index contributed by atoms with van der Waals surface area (Å²) in [4.78, 5) is 8.60. The highest BCUT2D eigenvalue weighted by Gasteiger charge is 2.05. The van der Waals surface area contributed by atoms with E-state index in [4.69, 9.17) is 4.74 Å². The lowest BCUT2D eigenvalue weighted by Gasteiger charge is -2.11. The van der Waals surface area contributed by atoms with Crippen molar-refractivity contribution in [1.82, 2.24) is 20.2 Å². The van der Waals surface area contributed by atoms with Gasteiger partial charge in [-0.2, -0.15) is 15.2 Å². The number of ether oxygens (including phenoxy) is 1. The van der Waals surface area contributed by atoms with Gasteiger partial charge < -0.3 is 10.1 Å². The van der Waals surface area contributed by atoms with Crippen LogP contribution in [0, 0.1) is 6.92 Å². The van der Waals surface area contributed by atoms with Gasteiger partial charge in [-0.25, -0.2) is 4.98 Å². The number of nitrogens with zero attached hydrogens (tertiary/aromatic N) is 4. The molecule has 0 unspecified atom stereocenters. The minimum Gasteiger partial charge on any atom is -0.475 e. The van der Waals surface area contributed by atoms with Crippen molar-refractivity contribution < 1.29 is 4.74 Å². The Balaban J connectivity index is 2.05. The molecular formula is C13H17N5O. The molecule has 0 atom stereocenters. The molecule has 0 aliphatic carbocycles. The fourth-order valence-corrected chi connectivity index (χ4v) is 1.52. The third-order valence-corrected chi connectivity index (χ3v) is 2.24. The Bertz CT molecular complexity index is 530. The van der Waals surface area contributed by atoms with Crippen molar-refractivity contribution in [3.05, 3.63) is 35.8 Å². The first kappa shape index (κ1) is 13.2. The molecule has 6 heteroatoms. The third-order valence-electron chi connectivity index (χ3n) is 2.24. The lowest BCUT2D eigenvalue weighted by atomic mass is 10.4. The van der Waals surface area contributed by atoms with Gasteiger partial charge in [0.25, 0.3) is 0 Å². The van der Waals surface area contributed by atoms with E-state index in [1.54, 1.807) is 6.20 Å². The van der Waals surface area contributed by atoms with E-state index in [1.807, 2.05) is 39.0 Å². The summed E-state index contributed by atoms with van der Waals surface area (Å²) in [6, 6.07) is 5.54. The minimum absolute atomic E-state index is 0.0853. The summed E-state index contributed by atoms with van der Waals surface area (Å²) in [6.07, 6.45) is 1.73. The highest BCUT2D eigenvalue weighted by molar-refractivity contribution is 5.31. The quantitative estimate of drug-likeness (QED) is 0.885. The Labute approximate surface area is 112 Å². The van der Waals surface area contributed by atoms with Crippen molar-refractivity contribution in [2.75, 3.05) is 5.32 Å². The maximum absolute atomic E-state index is 5.57. The molecule has 2 aromatic heterocycles. The highest BCUT2D eigenvalue weighted by Crippen LogP contribution is 2.13. The molecule has 19 heavy (non-hydrogen) atoms. The molecular weight excluding hydrogens is 242 g/mol. The second-order valence-corrected chi connectivity index (χ2v) is 4.41. The number of rotatable bonds is 5. The average Bonchev–Trinajstić information content (AvgIpc) is 2.36. The molecule has 2 aromatic rings. The fraction of sp³-hybridized carbons (Fsp3) is 0.385. The van der Waals surface area contributed by atoms with Crippen LogP contribution in [0.4, 0.5) is 5.95 Å². The lowest BCUT2D eigenvalue weighted by Crippen LogP contribution is -2.10. The van der Waals surface area contributed by atoms with Gasteiger partial charge in [0.05, 0.1) is 18.3 Å². The summed E-state index contributed by atoms with van der Waals surface area (Å²) < 4.78 is 5.57. The second-order valence-electron chi connectivity index (χ2n) is 4.41. The fourth-order valence-electron chi connectivity index (χ4n) is 1.52. The van der Waals surface area contributed by atoms with E-state index in [0.29, 0.717) is 18.4 Å². The van der Waals surface area contributed by atoms with Gasteiger partial charge in [-0.05, 0) is 32.9 Å². The van der Waals surface area contributed by atoms with Gasteiger partial charge in [0.15, 0.2) is 0 Å². The van der Waals surface area contributed by atoms with E-state index in [1.165, 1.54) is 0 Å². The first-order valence-electron chi connectivity index (χ1n) is 6.16. The topological polar surface area (TPSA) is 72.8 Å². The molecule has 1 N–H and O–H groups in total. The van der Waals surface area contributed by atoms with Crippen LogP contribution >= 0.6 is 0 Å². The monoisotopic (exact) mass is 259 g/mol. The number of anilines is 1. The molecule has 0 aromatic carbocycles. The molecule has 2 heterocycles. The number of hydrogen-bond acceptors (Lipinski definition) is 6. The van der Waals surface area contributed by atoms with Crippen molar-refractivity contribution in [3.8, 4) is 5.88 Å². The van der Waals surface area contributed by atoms with Crippen LogP contribution in [0.1, 0.15) is 25.2 Å². The Hall–Kier alpha value is -2.24. The summed E-state index contributed by atoms with van der Waals surface area (Å²) >= 11 is 0. The van der Waals surface area contributed by atoms with E-state index >= 15 is 0 Å². The second kappa shape index (κ2) is 6.08. The van der Waals surface area contributed by atoms with Gasteiger partial charge in [0.2, 0.25) is 11.8 Å². The van der Waals surface area contributed by atoms with E-state index in [2.05, 4.69) is 25.5 Å². The molecule has 0 aliphatic heterocycles. The normalized spacial score (nSPS) is 10.5. The van der Waals surface area contributed by atoms with Crippen LogP contribution in [-0.2, 0) is 6.54 Å². The number of aromatic nitrogens is 4. The smallest absolute Gasteiger partial charge is 0.226 e. The predicted octanol–water partition coefficient (Wildman–Crippen LogP) is 1.97. The van der Waals surface area contributed by atoms with Crippen LogP contribution in [-0.4, -0.2) is 26.3 Å². The van der Waals surface area contributed by atoms with Gasteiger partial charge in [-0.15, -0.1) is 0 Å². The molecule has 0 aliphatic rings. The molecule has 0 amide bonds. The van der Waals surface area contributed by atoms with E-state index < -0.39 is 0 Å². The van der Waals surface area contributed by atoms with Crippen molar-refractivity contribution in [3.63, 3.8) is 0 Å². The van der Waals surface area contributed by atoms with Crippen LogP contribution in [0.25, 0.3) is 0 Å². The van der Waals surface area contributed by atoms with Gasteiger partial charge in [0.1, 0.15) is 0 Å². The SMILES string of the molecule is Cc1cc(OC(C)C)nc(NCc2cccnn2)n1.